The lowest BCUT2D eigenvalue weighted by atomic mass is 10.1. The van der Waals surface area contributed by atoms with Crippen LogP contribution in [0.2, 0.25) is 0 Å². The van der Waals surface area contributed by atoms with Crippen LogP contribution >= 0.6 is 11.8 Å². The Morgan fingerprint density at radius 2 is 2.06 bits per heavy atom. The molecule has 1 amide bonds. The molecule has 4 nitrogen and oxygen atoms in total. The molecule has 16 heavy (non-hydrogen) atoms. The van der Waals surface area contributed by atoms with Crippen LogP contribution in [0.15, 0.2) is 0 Å². The summed E-state index contributed by atoms with van der Waals surface area (Å²) in [5.41, 5.74) is 0. The Morgan fingerprint density at radius 3 is 2.75 bits per heavy atom. The number of thioether (sulfide) groups is 1. The topological polar surface area (TPSA) is 53.3 Å². The summed E-state index contributed by atoms with van der Waals surface area (Å²) >= 11 is 1.08. The van der Waals surface area contributed by atoms with E-state index in [-0.39, 0.29) is 12.7 Å². The van der Waals surface area contributed by atoms with Gasteiger partial charge in [0.15, 0.2) is 6.61 Å². The molecule has 0 radical (unpaired) electrons. The zero-order valence-electron chi connectivity index (χ0n) is 9.07. The highest BCUT2D eigenvalue weighted by Crippen LogP contribution is 2.09. The lowest BCUT2D eigenvalue weighted by Crippen LogP contribution is -2.36. The molecule has 0 unspecified atom stereocenters. The van der Waals surface area contributed by atoms with Crippen LogP contribution in [0.25, 0.3) is 0 Å². The fourth-order valence-electron chi connectivity index (χ4n) is 1.44. The molecule has 1 saturated heterocycles. The molecule has 0 aromatic rings. The van der Waals surface area contributed by atoms with Gasteiger partial charge in [-0.1, -0.05) is 11.8 Å². The van der Waals surface area contributed by atoms with E-state index < -0.39 is 0 Å². The van der Waals surface area contributed by atoms with Crippen LogP contribution in [0, 0.1) is 22.5 Å². The Labute approximate surface area is 99.9 Å². The summed E-state index contributed by atoms with van der Waals surface area (Å²) in [5.74, 6) is 5.89. The van der Waals surface area contributed by atoms with Gasteiger partial charge in [0.05, 0.1) is 5.75 Å². The van der Waals surface area contributed by atoms with Gasteiger partial charge in [0.1, 0.15) is 5.40 Å². The second-order valence-corrected chi connectivity index (χ2v) is 4.10. The van der Waals surface area contributed by atoms with Crippen LogP contribution in [0.4, 0.5) is 4.79 Å². The van der Waals surface area contributed by atoms with E-state index >= 15 is 0 Å². The number of carbonyl (C=O) groups is 1. The standard InChI is InChI=1S/C11H14N2O2S/c12-10-16-9-5-4-8-15-11(14)13-6-2-1-3-7-13/h1-3,6-9H2. The largest absolute Gasteiger partial charge is 0.436 e. The normalized spacial score (nSPS) is 14.6. The number of nitrogens with zero attached hydrogens (tertiary/aromatic N) is 2. The summed E-state index contributed by atoms with van der Waals surface area (Å²) in [4.78, 5) is 13.2. The number of thiocyanates is 1. The van der Waals surface area contributed by atoms with E-state index in [1.807, 2.05) is 5.40 Å². The first-order chi connectivity index (χ1) is 7.84. The summed E-state index contributed by atoms with van der Waals surface area (Å²) in [5, 5.41) is 10.2. The van der Waals surface area contributed by atoms with E-state index in [9.17, 15) is 4.79 Å². The SMILES string of the molecule is N#CSCC#CCOC(=O)N1CCCCC1. The highest BCUT2D eigenvalue weighted by molar-refractivity contribution is 8.03. The maximum absolute atomic E-state index is 11.5. The second-order valence-electron chi connectivity index (χ2n) is 3.34. The minimum atomic E-state index is -0.276. The molecule has 0 aliphatic carbocycles. The molecule has 1 heterocycles. The average Bonchev–Trinajstić information content (AvgIpc) is 2.34. The fourth-order valence-corrected chi connectivity index (χ4v) is 1.67. The summed E-state index contributed by atoms with van der Waals surface area (Å²) in [6, 6.07) is 0. The second kappa shape index (κ2) is 7.90. The zero-order valence-corrected chi connectivity index (χ0v) is 9.89. The zero-order chi connectivity index (χ0) is 11.6. The number of piperidine rings is 1. The van der Waals surface area contributed by atoms with Gasteiger partial charge in [0.2, 0.25) is 0 Å². The van der Waals surface area contributed by atoms with Crippen molar-refractivity contribution >= 4 is 17.9 Å². The van der Waals surface area contributed by atoms with E-state index in [1.165, 1.54) is 6.42 Å². The molecule has 1 aliphatic rings. The molecule has 0 bridgehead atoms. The number of nitriles is 1. The van der Waals surface area contributed by atoms with E-state index in [4.69, 9.17) is 10.00 Å². The first-order valence-electron chi connectivity index (χ1n) is 5.23. The van der Waals surface area contributed by atoms with Crippen molar-refractivity contribution in [3.8, 4) is 17.2 Å². The van der Waals surface area contributed by atoms with Gasteiger partial charge in [-0.15, -0.1) is 0 Å². The van der Waals surface area contributed by atoms with Crippen LogP contribution in [-0.4, -0.2) is 36.4 Å². The Kier molecular flexibility index (Phi) is 6.29. The van der Waals surface area contributed by atoms with Crippen molar-refractivity contribution in [2.24, 2.45) is 0 Å². The molecule has 0 spiro atoms. The molecule has 5 heteroatoms. The quantitative estimate of drug-likeness (QED) is 0.418. The summed E-state index contributed by atoms with van der Waals surface area (Å²) in [7, 11) is 0. The molecule has 0 saturated carbocycles. The molecule has 0 atom stereocenters. The predicted octanol–water partition coefficient (Wildman–Crippen LogP) is 1.83. The van der Waals surface area contributed by atoms with Gasteiger partial charge >= 0.3 is 6.09 Å². The number of ether oxygens (including phenoxy) is 1. The Hall–Kier alpha value is -1.33. The monoisotopic (exact) mass is 238 g/mol. The van der Waals surface area contributed by atoms with Gasteiger partial charge in [-0.3, -0.25) is 0 Å². The summed E-state index contributed by atoms with van der Waals surface area (Å²) in [6.07, 6.45) is 3.02. The lowest BCUT2D eigenvalue weighted by Gasteiger charge is -2.25. The van der Waals surface area contributed by atoms with Gasteiger partial charge in [-0.25, -0.2) is 4.79 Å². The summed E-state index contributed by atoms with van der Waals surface area (Å²) in [6.45, 7) is 1.69. The Balaban J connectivity index is 2.13. The smallest absolute Gasteiger partial charge is 0.410 e. The number of carbonyl (C=O) groups excluding carboxylic acids is 1. The van der Waals surface area contributed by atoms with Crippen LogP contribution in [0.3, 0.4) is 0 Å². The maximum Gasteiger partial charge on any atom is 0.410 e. The minimum absolute atomic E-state index is 0.112. The van der Waals surface area contributed by atoms with Crippen molar-refractivity contribution in [3.05, 3.63) is 0 Å². The van der Waals surface area contributed by atoms with E-state index in [1.54, 1.807) is 4.90 Å². The summed E-state index contributed by atoms with van der Waals surface area (Å²) < 4.78 is 4.98. The number of rotatable bonds is 2. The molecule has 86 valence electrons. The molecule has 0 aromatic heterocycles. The van der Waals surface area contributed by atoms with Crippen molar-refractivity contribution < 1.29 is 9.53 Å². The molecule has 0 N–H and O–H groups in total. The highest BCUT2D eigenvalue weighted by Gasteiger charge is 2.16. The van der Waals surface area contributed by atoms with Crippen LogP contribution in [-0.2, 0) is 4.74 Å². The van der Waals surface area contributed by atoms with Crippen LogP contribution in [0.1, 0.15) is 19.3 Å². The molecular formula is C11H14N2O2S. The van der Waals surface area contributed by atoms with Gasteiger partial charge < -0.3 is 9.64 Å². The van der Waals surface area contributed by atoms with Gasteiger partial charge in [0.25, 0.3) is 0 Å². The number of hydrogen-bond donors (Lipinski definition) is 0. The van der Waals surface area contributed by atoms with Crippen molar-refractivity contribution in [2.75, 3.05) is 25.4 Å². The third kappa shape index (κ3) is 4.95. The van der Waals surface area contributed by atoms with E-state index in [0.29, 0.717) is 5.75 Å². The number of likely N-dealkylation sites (tertiary alicyclic amines) is 1. The average molecular weight is 238 g/mol. The third-order valence-corrected chi connectivity index (χ3v) is 2.63. The molecule has 1 rings (SSSR count). The third-order valence-electron chi connectivity index (χ3n) is 2.22. The minimum Gasteiger partial charge on any atom is -0.436 e. The highest BCUT2D eigenvalue weighted by atomic mass is 32.2. The molecule has 1 aliphatic heterocycles. The van der Waals surface area contributed by atoms with Crippen LogP contribution in [0.5, 0.6) is 0 Å². The van der Waals surface area contributed by atoms with E-state index in [2.05, 4.69) is 11.8 Å². The van der Waals surface area contributed by atoms with Crippen molar-refractivity contribution in [3.63, 3.8) is 0 Å². The van der Waals surface area contributed by atoms with Gasteiger partial charge in [-0.05, 0) is 31.0 Å². The lowest BCUT2D eigenvalue weighted by molar-refractivity contribution is 0.106. The Bertz CT molecular complexity index is 321. The fraction of sp³-hybridized carbons (Fsp3) is 0.636. The number of amides is 1. The van der Waals surface area contributed by atoms with Crippen molar-refractivity contribution in [1.82, 2.24) is 4.90 Å². The van der Waals surface area contributed by atoms with Gasteiger partial charge in [-0.2, -0.15) is 5.26 Å². The first-order valence-corrected chi connectivity index (χ1v) is 6.21. The van der Waals surface area contributed by atoms with Crippen LogP contribution < -0.4 is 0 Å². The molecule has 0 aromatic carbocycles. The van der Waals surface area contributed by atoms with Crippen molar-refractivity contribution in [2.45, 2.75) is 19.3 Å². The van der Waals surface area contributed by atoms with Gasteiger partial charge in [0, 0.05) is 13.1 Å². The molecular weight excluding hydrogens is 224 g/mol. The van der Waals surface area contributed by atoms with E-state index in [0.717, 1.165) is 37.7 Å². The van der Waals surface area contributed by atoms with Crippen molar-refractivity contribution in [1.29, 1.82) is 5.26 Å². The maximum atomic E-state index is 11.5. The molecule has 1 fully saturated rings. The first kappa shape index (κ1) is 12.7. The predicted molar refractivity (Wildman–Crippen MR) is 62.6 cm³/mol. The Morgan fingerprint density at radius 1 is 1.31 bits per heavy atom. The number of hydrogen-bond acceptors (Lipinski definition) is 4.